The second-order valence-electron chi connectivity index (χ2n) is 6.34. The summed E-state index contributed by atoms with van der Waals surface area (Å²) >= 11 is 18.8. The zero-order chi connectivity index (χ0) is 18.4. The average molecular weight is 402 g/mol. The summed E-state index contributed by atoms with van der Waals surface area (Å²) in [6, 6.07) is 3.23. The Balaban J connectivity index is 2.22. The smallest absolute Gasteiger partial charge is 0.340 e. The van der Waals surface area contributed by atoms with Crippen LogP contribution in [0.2, 0.25) is 15.1 Å². The van der Waals surface area contributed by atoms with Gasteiger partial charge in [0.05, 0.1) is 33.4 Å². The van der Waals surface area contributed by atoms with E-state index in [0.717, 1.165) is 18.5 Å². The van der Waals surface area contributed by atoms with Gasteiger partial charge in [0, 0.05) is 22.3 Å². The van der Waals surface area contributed by atoms with E-state index >= 15 is 0 Å². The van der Waals surface area contributed by atoms with Gasteiger partial charge >= 0.3 is 5.97 Å². The molecule has 1 N–H and O–H groups in total. The van der Waals surface area contributed by atoms with Crippen molar-refractivity contribution in [1.29, 1.82) is 0 Å². The summed E-state index contributed by atoms with van der Waals surface area (Å²) in [5, 5.41) is 1.23. The summed E-state index contributed by atoms with van der Waals surface area (Å²) in [5.74, 6) is -0.385. The van der Waals surface area contributed by atoms with Crippen LogP contribution in [0.3, 0.4) is 0 Å². The summed E-state index contributed by atoms with van der Waals surface area (Å²) in [6.45, 7) is 2.07. The highest BCUT2D eigenvalue weighted by atomic mass is 35.5. The third-order valence-electron chi connectivity index (χ3n) is 4.68. The van der Waals surface area contributed by atoms with Crippen LogP contribution in [0.4, 0.5) is 0 Å². The van der Waals surface area contributed by atoms with Crippen LogP contribution in [-0.4, -0.2) is 36.6 Å². The molecule has 25 heavy (non-hydrogen) atoms. The van der Waals surface area contributed by atoms with Crippen LogP contribution in [0.5, 0.6) is 0 Å². The third kappa shape index (κ3) is 3.17. The highest BCUT2D eigenvalue weighted by Crippen LogP contribution is 2.52. The number of carbonyl (C=O) groups is 1. The molecule has 1 fully saturated rings. The van der Waals surface area contributed by atoms with Crippen LogP contribution < -0.4 is 0 Å². The lowest BCUT2D eigenvalue weighted by Gasteiger charge is -2.24. The Morgan fingerprint density at radius 3 is 2.32 bits per heavy atom. The van der Waals surface area contributed by atoms with Gasteiger partial charge < -0.3 is 9.72 Å². The van der Waals surface area contributed by atoms with Gasteiger partial charge in [-0.1, -0.05) is 34.8 Å². The highest BCUT2D eigenvalue weighted by molar-refractivity contribution is 6.42. The van der Waals surface area contributed by atoms with Crippen molar-refractivity contribution in [2.24, 2.45) is 0 Å². The van der Waals surface area contributed by atoms with Crippen LogP contribution in [0.25, 0.3) is 11.1 Å². The Hall–Kier alpha value is -1.20. The van der Waals surface area contributed by atoms with Crippen molar-refractivity contribution in [3.63, 3.8) is 0 Å². The number of nitrogens with one attached hydrogen (secondary N) is 1. The number of halogens is 3. The molecule has 7 heteroatoms. The molecule has 3 rings (SSSR count). The number of ether oxygens (including phenoxy) is 1. The molecule has 4 nitrogen and oxygen atoms in total. The van der Waals surface area contributed by atoms with Crippen molar-refractivity contribution >= 4 is 40.8 Å². The molecule has 0 aliphatic heterocycles. The van der Waals surface area contributed by atoms with Gasteiger partial charge in [0.2, 0.25) is 0 Å². The molecule has 1 aromatic heterocycles. The van der Waals surface area contributed by atoms with Gasteiger partial charge in [-0.25, -0.2) is 4.79 Å². The maximum Gasteiger partial charge on any atom is 0.340 e. The van der Waals surface area contributed by atoms with Crippen LogP contribution in [0.1, 0.15) is 35.8 Å². The molecule has 2 aromatic rings. The predicted molar refractivity (Wildman–Crippen MR) is 102 cm³/mol. The lowest BCUT2D eigenvalue weighted by Crippen LogP contribution is -2.30. The Morgan fingerprint density at radius 2 is 1.84 bits per heavy atom. The maximum absolute atomic E-state index is 12.7. The summed E-state index contributed by atoms with van der Waals surface area (Å²) < 4.78 is 5.31. The number of hydrogen-bond acceptors (Lipinski definition) is 3. The van der Waals surface area contributed by atoms with E-state index in [4.69, 9.17) is 39.5 Å². The van der Waals surface area contributed by atoms with Gasteiger partial charge in [0.15, 0.2) is 0 Å². The topological polar surface area (TPSA) is 45.3 Å². The molecular weight excluding hydrogens is 383 g/mol. The Morgan fingerprint density at radius 1 is 1.24 bits per heavy atom. The third-order valence-corrected chi connectivity index (χ3v) is 5.50. The van der Waals surface area contributed by atoms with Crippen molar-refractivity contribution in [2.45, 2.75) is 25.3 Å². The van der Waals surface area contributed by atoms with E-state index in [0.29, 0.717) is 38.4 Å². The molecule has 1 aliphatic carbocycles. The molecule has 1 aromatic carbocycles. The molecule has 1 aliphatic rings. The van der Waals surface area contributed by atoms with Crippen molar-refractivity contribution in [3.05, 3.63) is 44.7 Å². The monoisotopic (exact) mass is 400 g/mol. The number of benzene rings is 1. The predicted octanol–water partition coefficient (Wildman–Crippen LogP) is 5.37. The van der Waals surface area contributed by atoms with Crippen molar-refractivity contribution in [3.8, 4) is 11.1 Å². The molecule has 0 atom stereocenters. The van der Waals surface area contributed by atoms with E-state index < -0.39 is 0 Å². The van der Waals surface area contributed by atoms with Crippen molar-refractivity contribution in [2.75, 3.05) is 20.7 Å². The van der Waals surface area contributed by atoms with Crippen molar-refractivity contribution < 1.29 is 9.53 Å². The number of esters is 1. The highest BCUT2D eigenvalue weighted by Gasteiger charge is 2.50. The molecule has 0 bridgehead atoms. The van der Waals surface area contributed by atoms with E-state index in [1.54, 1.807) is 25.3 Å². The van der Waals surface area contributed by atoms with E-state index in [1.807, 2.05) is 14.1 Å². The van der Waals surface area contributed by atoms with Gasteiger partial charge in [-0.3, -0.25) is 4.90 Å². The first-order valence-corrected chi connectivity index (χ1v) is 9.16. The normalized spacial score (nSPS) is 15.5. The molecule has 0 unspecified atom stereocenters. The van der Waals surface area contributed by atoms with Crippen LogP contribution in [-0.2, 0) is 10.3 Å². The minimum atomic E-state index is -0.385. The number of carbonyl (C=O) groups excluding carboxylic acids is 1. The second kappa shape index (κ2) is 6.84. The summed E-state index contributed by atoms with van der Waals surface area (Å²) in [4.78, 5) is 18.1. The summed E-state index contributed by atoms with van der Waals surface area (Å²) in [7, 11) is 4.01. The largest absolute Gasteiger partial charge is 0.462 e. The second-order valence-corrected chi connectivity index (χ2v) is 7.59. The minimum Gasteiger partial charge on any atom is -0.462 e. The molecule has 0 saturated heterocycles. The average Bonchev–Trinajstić information content (AvgIpc) is 3.21. The molecule has 0 radical (unpaired) electrons. The van der Waals surface area contributed by atoms with Crippen LogP contribution in [0, 0.1) is 0 Å². The maximum atomic E-state index is 12.7. The summed E-state index contributed by atoms with van der Waals surface area (Å²) in [6.07, 6.45) is 3.70. The van der Waals surface area contributed by atoms with Crippen LogP contribution in [0.15, 0.2) is 18.3 Å². The van der Waals surface area contributed by atoms with Gasteiger partial charge in [0.1, 0.15) is 0 Å². The standard InChI is InChI=1S/C18H19Cl3N2O2/c1-4-25-17(24)15-11(14-12(20)7-10(19)8-13(14)21)9-22-16(15)18(5-6-18)23(2)3/h7-9,22H,4-6H2,1-3H3. The molecule has 0 amide bonds. The zero-order valence-corrected chi connectivity index (χ0v) is 16.5. The fraction of sp³-hybridized carbons (Fsp3) is 0.389. The number of H-pyrrole nitrogens is 1. The van der Waals surface area contributed by atoms with Gasteiger partial charge in [-0.15, -0.1) is 0 Å². The fourth-order valence-electron chi connectivity index (χ4n) is 3.24. The van der Waals surface area contributed by atoms with E-state index in [-0.39, 0.29) is 11.5 Å². The first-order valence-electron chi connectivity index (χ1n) is 8.03. The minimum absolute atomic E-state index is 0.189. The molecule has 1 heterocycles. The first kappa shape index (κ1) is 18.6. The SMILES string of the molecule is CCOC(=O)c1c(-c2c(Cl)cc(Cl)cc2Cl)c[nH]c1C1(N(C)C)CC1. The quantitative estimate of drug-likeness (QED) is 0.685. The zero-order valence-electron chi connectivity index (χ0n) is 14.3. The van der Waals surface area contributed by atoms with Crippen molar-refractivity contribution in [1.82, 2.24) is 9.88 Å². The van der Waals surface area contributed by atoms with E-state index in [9.17, 15) is 4.79 Å². The number of aromatic amines is 1. The number of nitrogens with zero attached hydrogens (tertiary/aromatic N) is 1. The first-order chi connectivity index (χ1) is 11.8. The van der Waals surface area contributed by atoms with Crippen LogP contribution >= 0.6 is 34.8 Å². The van der Waals surface area contributed by atoms with E-state index in [2.05, 4.69) is 9.88 Å². The molecule has 134 valence electrons. The van der Waals surface area contributed by atoms with E-state index in [1.165, 1.54) is 0 Å². The number of rotatable bonds is 5. The van der Waals surface area contributed by atoms with Gasteiger partial charge in [0.25, 0.3) is 0 Å². The lowest BCUT2D eigenvalue weighted by molar-refractivity contribution is 0.0523. The molecular formula is C18H19Cl3N2O2. The summed E-state index contributed by atoms with van der Waals surface area (Å²) in [5.41, 5.74) is 2.35. The number of hydrogen-bond donors (Lipinski definition) is 1. The molecule has 1 saturated carbocycles. The lowest BCUT2D eigenvalue weighted by atomic mass is 9.98. The van der Waals surface area contributed by atoms with Gasteiger partial charge in [-0.2, -0.15) is 0 Å². The Kier molecular flexibility index (Phi) is 5.09. The van der Waals surface area contributed by atoms with Gasteiger partial charge in [-0.05, 0) is 46.0 Å². The number of aromatic nitrogens is 1. The molecule has 0 spiro atoms. The Bertz CT molecular complexity index is 803. The fourth-order valence-corrected chi connectivity index (χ4v) is 4.26. The Labute approximate surface area is 162 Å².